The summed E-state index contributed by atoms with van der Waals surface area (Å²) in [5.74, 6) is 0.805. The van der Waals surface area contributed by atoms with Crippen LogP contribution in [0.1, 0.15) is 49.6 Å². The van der Waals surface area contributed by atoms with E-state index in [0.29, 0.717) is 38.7 Å². The van der Waals surface area contributed by atoms with Gasteiger partial charge in [0.05, 0.1) is 36.6 Å². The van der Waals surface area contributed by atoms with Gasteiger partial charge in [0.15, 0.2) is 16.3 Å². The second kappa shape index (κ2) is 11.0. The molecule has 0 N–H and O–H groups in total. The Hall–Kier alpha value is -3.17. The van der Waals surface area contributed by atoms with Crippen molar-refractivity contribution in [2.24, 2.45) is 4.99 Å². The molecular formula is C26H28N2O5S2. The van der Waals surface area contributed by atoms with Gasteiger partial charge >= 0.3 is 5.97 Å². The molecular weight excluding hydrogens is 484 g/mol. The van der Waals surface area contributed by atoms with E-state index in [2.05, 4.69) is 11.9 Å². The van der Waals surface area contributed by atoms with Crippen LogP contribution in [0.4, 0.5) is 0 Å². The maximum absolute atomic E-state index is 13.6. The van der Waals surface area contributed by atoms with Crippen molar-refractivity contribution in [1.82, 2.24) is 4.57 Å². The summed E-state index contributed by atoms with van der Waals surface area (Å²) in [4.78, 5) is 32.2. The van der Waals surface area contributed by atoms with Gasteiger partial charge in [0.1, 0.15) is 6.04 Å². The molecule has 184 valence electrons. The number of nitrogens with zero attached hydrogens (tertiary/aromatic N) is 2. The van der Waals surface area contributed by atoms with E-state index in [9.17, 15) is 9.59 Å². The summed E-state index contributed by atoms with van der Waals surface area (Å²) in [6.07, 6.45) is 5.05. The lowest BCUT2D eigenvalue weighted by atomic mass is 10.0. The van der Waals surface area contributed by atoms with E-state index < -0.39 is 12.0 Å². The Morgan fingerprint density at radius 3 is 2.71 bits per heavy atom. The zero-order valence-electron chi connectivity index (χ0n) is 20.2. The normalized spacial score (nSPS) is 15.5. The van der Waals surface area contributed by atoms with Gasteiger partial charge < -0.3 is 14.2 Å². The predicted octanol–water partition coefficient (Wildman–Crippen LogP) is 4.05. The molecule has 9 heteroatoms. The van der Waals surface area contributed by atoms with Gasteiger partial charge in [0.25, 0.3) is 5.56 Å². The van der Waals surface area contributed by atoms with Crippen molar-refractivity contribution in [3.63, 3.8) is 0 Å². The number of carbonyl (C=O) groups excluding carboxylic acids is 1. The molecule has 0 radical (unpaired) electrons. The van der Waals surface area contributed by atoms with Crippen LogP contribution in [0.15, 0.2) is 56.8 Å². The standard InChI is InChI=1S/C26H28N2O5S2/c1-5-6-7-12-33-18-11-10-17(14-19(18)31-3)15-21-24(29)28-23(20-9-8-13-34-20)22(25(30)32-4)16(2)27-26(28)35-21/h8-11,13-15,23H,5-7,12H2,1-4H3/b21-15+/t23-/m1/s1. The van der Waals surface area contributed by atoms with Crippen LogP contribution < -0.4 is 24.4 Å². The quantitative estimate of drug-likeness (QED) is 0.319. The maximum atomic E-state index is 13.6. The molecule has 7 nitrogen and oxygen atoms in total. The molecule has 0 unspecified atom stereocenters. The van der Waals surface area contributed by atoms with E-state index in [-0.39, 0.29) is 5.56 Å². The van der Waals surface area contributed by atoms with Gasteiger partial charge in [-0.25, -0.2) is 9.79 Å². The van der Waals surface area contributed by atoms with E-state index in [1.54, 1.807) is 18.6 Å². The minimum Gasteiger partial charge on any atom is -0.493 e. The second-order valence-corrected chi connectivity index (χ2v) is 10.0. The number of thiophene rings is 1. The fraction of sp³-hybridized carbons (Fsp3) is 0.346. The molecule has 0 bridgehead atoms. The molecule has 0 fully saturated rings. The van der Waals surface area contributed by atoms with Crippen molar-refractivity contribution in [2.45, 2.75) is 39.2 Å². The number of unbranched alkanes of at least 4 members (excludes halogenated alkanes) is 2. The number of esters is 1. The number of carbonyl (C=O) groups is 1. The minimum atomic E-state index is -0.575. The van der Waals surface area contributed by atoms with E-state index >= 15 is 0 Å². The average Bonchev–Trinajstić information content (AvgIpc) is 3.50. The zero-order valence-corrected chi connectivity index (χ0v) is 21.8. The smallest absolute Gasteiger partial charge is 0.338 e. The molecule has 3 heterocycles. The largest absolute Gasteiger partial charge is 0.493 e. The third kappa shape index (κ3) is 5.11. The Labute approximate surface area is 211 Å². The molecule has 0 aliphatic carbocycles. The fourth-order valence-electron chi connectivity index (χ4n) is 3.99. The van der Waals surface area contributed by atoms with E-state index in [0.717, 1.165) is 29.7 Å². The Bertz CT molecular complexity index is 1420. The van der Waals surface area contributed by atoms with Gasteiger partial charge in [-0.2, -0.15) is 0 Å². The molecule has 3 aromatic rings. The fourth-order valence-corrected chi connectivity index (χ4v) is 5.86. The highest BCUT2D eigenvalue weighted by Gasteiger charge is 2.33. The van der Waals surface area contributed by atoms with Crippen LogP contribution in [0.3, 0.4) is 0 Å². The molecule has 2 aromatic heterocycles. The van der Waals surface area contributed by atoms with E-state index in [1.807, 2.05) is 41.8 Å². The van der Waals surface area contributed by atoms with Gasteiger partial charge in [0.2, 0.25) is 0 Å². The summed E-state index contributed by atoms with van der Waals surface area (Å²) in [5, 5.41) is 1.92. The average molecular weight is 513 g/mol. The van der Waals surface area contributed by atoms with Crippen LogP contribution in [0.5, 0.6) is 11.5 Å². The number of hydrogen-bond acceptors (Lipinski definition) is 8. The van der Waals surface area contributed by atoms with Crippen molar-refractivity contribution in [3.05, 3.63) is 77.1 Å². The van der Waals surface area contributed by atoms with Crippen molar-refractivity contribution in [2.75, 3.05) is 20.8 Å². The molecule has 1 atom stereocenters. The highest BCUT2D eigenvalue weighted by Crippen LogP contribution is 2.33. The third-order valence-electron chi connectivity index (χ3n) is 5.73. The van der Waals surface area contributed by atoms with E-state index in [4.69, 9.17) is 14.2 Å². The van der Waals surface area contributed by atoms with Crippen LogP contribution in [-0.2, 0) is 9.53 Å². The first-order chi connectivity index (χ1) is 17.0. The topological polar surface area (TPSA) is 79.1 Å². The highest BCUT2D eigenvalue weighted by molar-refractivity contribution is 7.10. The monoisotopic (exact) mass is 512 g/mol. The van der Waals surface area contributed by atoms with Crippen molar-refractivity contribution in [3.8, 4) is 11.5 Å². The number of allylic oxidation sites excluding steroid dienone is 1. The number of benzene rings is 1. The summed E-state index contributed by atoms with van der Waals surface area (Å²) < 4.78 is 18.5. The SMILES string of the molecule is CCCCCOc1ccc(/C=c2/sc3n(c2=O)[C@H](c2cccs2)C(C(=O)OC)=C(C)N=3)cc1OC. The van der Waals surface area contributed by atoms with Gasteiger partial charge in [-0.3, -0.25) is 9.36 Å². The molecule has 1 aliphatic rings. The summed E-state index contributed by atoms with van der Waals surface area (Å²) in [6, 6.07) is 8.86. The van der Waals surface area contributed by atoms with Crippen LogP contribution in [0, 0.1) is 0 Å². The highest BCUT2D eigenvalue weighted by atomic mass is 32.1. The summed E-state index contributed by atoms with van der Waals surface area (Å²) in [7, 11) is 2.94. The lowest BCUT2D eigenvalue weighted by Gasteiger charge is -2.22. The third-order valence-corrected chi connectivity index (χ3v) is 7.64. The Morgan fingerprint density at radius 1 is 1.20 bits per heavy atom. The van der Waals surface area contributed by atoms with Crippen LogP contribution in [-0.4, -0.2) is 31.4 Å². The number of hydrogen-bond donors (Lipinski definition) is 0. The van der Waals surface area contributed by atoms with Crippen molar-refractivity contribution >= 4 is 34.7 Å². The zero-order chi connectivity index (χ0) is 24.9. The molecule has 0 saturated heterocycles. The molecule has 0 spiro atoms. The Morgan fingerprint density at radius 2 is 2.03 bits per heavy atom. The number of methoxy groups -OCH3 is 2. The first kappa shape index (κ1) is 24.9. The van der Waals surface area contributed by atoms with Gasteiger partial charge in [-0.05, 0) is 48.6 Å². The first-order valence-corrected chi connectivity index (χ1v) is 13.1. The molecule has 0 saturated carbocycles. The number of fused-ring (bicyclic) bond motifs is 1. The first-order valence-electron chi connectivity index (χ1n) is 11.4. The molecule has 1 aliphatic heterocycles. The predicted molar refractivity (Wildman–Crippen MR) is 138 cm³/mol. The number of ether oxygens (including phenoxy) is 3. The number of rotatable bonds is 9. The summed E-state index contributed by atoms with van der Waals surface area (Å²) in [6.45, 7) is 4.56. The summed E-state index contributed by atoms with van der Waals surface area (Å²) in [5.41, 5.74) is 1.53. The number of thiazole rings is 1. The lowest BCUT2D eigenvalue weighted by Crippen LogP contribution is -2.39. The van der Waals surface area contributed by atoms with E-state index in [1.165, 1.54) is 29.8 Å². The van der Waals surface area contributed by atoms with Crippen molar-refractivity contribution in [1.29, 1.82) is 0 Å². The van der Waals surface area contributed by atoms with Gasteiger partial charge in [0, 0.05) is 4.88 Å². The minimum absolute atomic E-state index is 0.208. The number of aromatic nitrogens is 1. The van der Waals surface area contributed by atoms with Crippen LogP contribution in [0.2, 0.25) is 0 Å². The second-order valence-electron chi connectivity index (χ2n) is 8.05. The van der Waals surface area contributed by atoms with Crippen molar-refractivity contribution < 1.29 is 19.0 Å². The molecule has 35 heavy (non-hydrogen) atoms. The molecule has 4 rings (SSSR count). The maximum Gasteiger partial charge on any atom is 0.338 e. The summed E-state index contributed by atoms with van der Waals surface area (Å²) >= 11 is 2.78. The Balaban J connectivity index is 1.76. The van der Waals surface area contributed by atoms with Gasteiger partial charge in [-0.15, -0.1) is 11.3 Å². The lowest BCUT2D eigenvalue weighted by molar-refractivity contribution is -0.136. The van der Waals surface area contributed by atoms with Crippen LogP contribution in [0.25, 0.3) is 6.08 Å². The molecule has 0 amide bonds. The van der Waals surface area contributed by atoms with Crippen LogP contribution >= 0.6 is 22.7 Å². The molecule has 1 aromatic carbocycles. The van der Waals surface area contributed by atoms with Gasteiger partial charge in [-0.1, -0.05) is 43.2 Å². The Kier molecular flexibility index (Phi) is 7.87.